The summed E-state index contributed by atoms with van der Waals surface area (Å²) in [4.78, 5) is 3.92. The number of nitrogens with zero attached hydrogens (tertiary/aromatic N) is 3. The van der Waals surface area contributed by atoms with Gasteiger partial charge in [0.15, 0.2) is 0 Å². The molecule has 0 bridgehead atoms. The van der Waals surface area contributed by atoms with Crippen LogP contribution in [0.4, 0.5) is 0 Å². The highest BCUT2D eigenvalue weighted by molar-refractivity contribution is 5.30. The molecule has 0 saturated carbocycles. The summed E-state index contributed by atoms with van der Waals surface area (Å²) in [6, 6.07) is 7.88. The molecule has 0 aliphatic heterocycles. The van der Waals surface area contributed by atoms with Crippen molar-refractivity contribution in [2.24, 2.45) is 0 Å². The first-order valence-corrected chi connectivity index (χ1v) is 4.63. The van der Waals surface area contributed by atoms with Gasteiger partial charge in [-0.2, -0.15) is 5.10 Å². The average Bonchev–Trinajstić information content (AvgIpc) is 2.31. The van der Waals surface area contributed by atoms with E-state index in [0.717, 1.165) is 23.4 Å². The standard InChI is InChI=1S/C11H11N3O/c1-15-11-4-2-3-9(6-11)5-10-7-12-8-13-14-10/h2-4,6-8H,5H2,1H3. The number of aromatic nitrogens is 3. The van der Waals surface area contributed by atoms with Crippen molar-refractivity contribution in [2.75, 3.05) is 7.11 Å². The summed E-state index contributed by atoms with van der Waals surface area (Å²) < 4.78 is 5.14. The summed E-state index contributed by atoms with van der Waals surface area (Å²) in [5.74, 6) is 0.851. The van der Waals surface area contributed by atoms with Crippen LogP contribution in [-0.2, 0) is 6.42 Å². The number of hydrogen-bond donors (Lipinski definition) is 0. The summed E-state index contributed by atoms with van der Waals surface area (Å²) in [6.45, 7) is 0. The molecule has 0 aliphatic carbocycles. The molecule has 0 saturated heterocycles. The van der Waals surface area contributed by atoms with Crippen LogP contribution in [0.1, 0.15) is 11.3 Å². The van der Waals surface area contributed by atoms with Gasteiger partial charge >= 0.3 is 0 Å². The van der Waals surface area contributed by atoms with Crippen LogP contribution in [0.3, 0.4) is 0 Å². The van der Waals surface area contributed by atoms with Crippen LogP contribution in [0, 0.1) is 0 Å². The summed E-state index contributed by atoms with van der Waals surface area (Å²) in [6.07, 6.45) is 3.86. The molecular formula is C11H11N3O. The number of rotatable bonds is 3. The Morgan fingerprint density at radius 2 is 2.27 bits per heavy atom. The normalized spacial score (nSPS) is 9.93. The highest BCUT2D eigenvalue weighted by Crippen LogP contribution is 2.14. The van der Waals surface area contributed by atoms with E-state index < -0.39 is 0 Å². The van der Waals surface area contributed by atoms with Gasteiger partial charge in [-0.05, 0) is 17.7 Å². The van der Waals surface area contributed by atoms with Crippen molar-refractivity contribution in [2.45, 2.75) is 6.42 Å². The Hall–Kier alpha value is -1.97. The van der Waals surface area contributed by atoms with Crippen molar-refractivity contribution in [3.63, 3.8) is 0 Å². The van der Waals surface area contributed by atoms with Crippen LogP contribution >= 0.6 is 0 Å². The molecule has 1 aromatic heterocycles. The van der Waals surface area contributed by atoms with E-state index in [0.29, 0.717) is 0 Å². The van der Waals surface area contributed by atoms with Crippen LogP contribution in [0.25, 0.3) is 0 Å². The molecule has 2 aromatic rings. The predicted octanol–water partition coefficient (Wildman–Crippen LogP) is 1.47. The fraction of sp³-hybridized carbons (Fsp3) is 0.182. The molecule has 4 heteroatoms. The maximum atomic E-state index is 5.14. The molecule has 0 spiro atoms. The van der Waals surface area contributed by atoms with Gasteiger partial charge in [0.25, 0.3) is 0 Å². The molecule has 0 radical (unpaired) electrons. The quantitative estimate of drug-likeness (QED) is 0.754. The molecule has 2 rings (SSSR count). The molecule has 0 amide bonds. The lowest BCUT2D eigenvalue weighted by atomic mass is 10.1. The van der Waals surface area contributed by atoms with E-state index >= 15 is 0 Å². The van der Waals surface area contributed by atoms with Gasteiger partial charge in [-0.1, -0.05) is 12.1 Å². The zero-order chi connectivity index (χ0) is 10.5. The van der Waals surface area contributed by atoms with Gasteiger partial charge in [-0.3, -0.25) is 0 Å². The number of hydrogen-bond acceptors (Lipinski definition) is 4. The van der Waals surface area contributed by atoms with Gasteiger partial charge in [-0.15, -0.1) is 5.10 Å². The summed E-state index contributed by atoms with van der Waals surface area (Å²) in [5.41, 5.74) is 1.99. The smallest absolute Gasteiger partial charge is 0.138 e. The molecule has 1 heterocycles. The minimum absolute atomic E-state index is 0.720. The van der Waals surface area contributed by atoms with Crippen LogP contribution in [0.5, 0.6) is 5.75 Å². The molecule has 0 aliphatic rings. The van der Waals surface area contributed by atoms with Crippen LogP contribution in [0.15, 0.2) is 36.8 Å². The summed E-state index contributed by atoms with van der Waals surface area (Å²) in [7, 11) is 1.66. The third-order valence-corrected chi connectivity index (χ3v) is 2.05. The molecular weight excluding hydrogens is 190 g/mol. The van der Waals surface area contributed by atoms with Crippen molar-refractivity contribution >= 4 is 0 Å². The second kappa shape index (κ2) is 4.50. The van der Waals surface area contributed by atoms with Crippen molar-refractivity contribution in [3.8, 4) is 5.75 Å². The molecule has 15 heavy (non-hydrogen) atoms. The lowest BCUT2D eigenvalue weighted by molar-refractivity contribution is 0.414. The van der Waals surface area contributed by atoms with E-state index in [1.54, 1.807) is 13.3 Å². The van der Waals surface area contributed by atoms with Crippen molar-refractivity contribution in [1.82, 2.24) is 15.2 Å². The topological polar surface area (TPSA) is 47.9 Å². The van der Waals surface area contributed by atoms with E-state index in [1.807, 2.05) is 24.3 Å². The Kier molecular flexibility index (Phi) is 2.88. The lowest BCUT2D eigenvalue weighted by Gasteiger charge is -2.02. The van der Waals surface area contributed by atoms with E-state index in [-0.39, 0.29) is 0 Å². The minimum atomic E-state index is 0.720. The Bertz CT molecular complexity index is 431. The molecule has 0 atom stereocenters. The number of methoxy groups -OCH3 is 1. The van der Waals surface area contributed by atoms with Gasteiger partial charge in [-0.25, -0.2) is 4.98 Å². The average molecular weight is 201 g/mol. The van der Waals surface area contributed by atoms with Gasteiger partial charge < -0.3 is 4.74 Å². The Labute approximate surface area is 88.0 Å². The highest BCUT2D eigenvalue weighted by Gasteiger charge is 1.99. The molecule has 0 fully saturated rings. The summed E-state index contributed by atoms with van der Waals surface area (Å²) in [5, 5.41) is 7.71. The van der Waals surface area contributed by atoms with Gasteiger partial charge in [0.1, 0.15) is 12.1 Å². The largest absolute Gasteiger partial charge is 0.497 e. The third-order valence-electron chi connectivity index (χ3n) is 2.05. The highest BCUT2D eigenvalue weighted by atomic mass is 16.5. The van der Waals surface area contributed by atoms with Crippen molar-refractivity contribution < 1.29 is 4.74 Å². The maximum absolute atomic E-state index is 5.14. The second-order valence-electron chi connectivity index (χ2n) is 3.13. The molecule has 4 nitrogen and oxygen atoms in total. The number of benzene rings is 1. The first-order valence-electron chi connectivity index (χ1n) is 4.63. The van der Waals surface area contributed by atoms with E-state index in [4.69, 9.17) is 4.74 Å². The SMILES string of the molecule is COc1cccc(Cc2cncnn2)c1. The van der Waals surface area contributed by atoms with E-state index in [9.17, 15) is 0 Å². The zero-order valence-corrected chi connectivity index (χ0v) is 8.42. The molecule has 0 N–H and O–H groups in total. The fourth-order valence-electron chi connectivity index (χ4n) is 1.35. The van der Waals surface area contributed by atoms with Crippen LogP contribution in [-0.4, -0.2) is 22.3 Å². The van der Waals surface area contributed by atoms with E-state index in [2.05, 4.69) is 15.2 Å². The number of ether oxygens (including phenoxy) is 1. The van der Waals surface area contributed by atoms with Crippen molar-refractivity contribution in [1.29, 1.82) is 0 Å². The lowest BCUT2D eigenvalue weighted by Crippen LogP contribution is -1.95. The minimum Gasteiger partial charge on any atom is -0.497 e. The van der Waals surface area contributed by atoms with Crippen LogP contribution in [0.2, 0.25) is 0 Å². The second-order valence-corrected chi connectivity index (χ2v) is 3.13. The Morgan fingerprint density at radius 1 is 1.33 bits per heavy atom. The van der Waals surface area contributed by atoms with Gasteiger partial charge in [0.2, 0.25) is 0 Å². The third kappa shape index (κ3) is 2.49. The fourth-order valence-corrected chi connectivity index (χ4v) is 1.35. The predicted molar refractivity (Wildman–Crippen MR) is 55.6 cm³/mol. The van der Waals surface area contributed by atoms with Crippen LogP contribution < -0.4 is 4.74 Å². The molecule has 0 unspecified atom stereocenters. The Morgan fingerprint density at radius 3 is 3.00 bits per heavy atom. The maximum Gasteiger partial charge on any atom is 0.138 e. The van der Waals surface area contributed by atoms with Crippen molar-refractivity contribution in [3.05, 3.63) is 48.0 Å². The zero-order valence-electron chi connectivity index (χ0n) is 8.42. The van der Waals surface area contributed by atoms with Gasteiger partial charge in [0.05, 0.1) is 19.0 Å². The monoisotopic (exact) mass is 201 g/mol. The van der Waals surface area contributed by atoms with E-state index in [1.165, 1.54) is 6.33 Å². The van der Waals surface area contributed by atoms with Gasteiger partial charge in [0, 0.05) is 6.42 Å². The first-order chi connectivity index (χ1) is 7.38. The first kappa shape index (κ1) is 9.58. The Balaban J connectivity index is 2.17. The molecule has 1 aromatic carbocycles. The molecule has 76 valence electrons. The summed E-state index contributed by atoms with van der Waals surface area (Å²) >= 11 is 0.